The lowest BCUT2D eigenvalue weighted by Gasteiger charge is -2.07. The number of nitrogens with zero attached hydrogens (tertiary/aromatic N) is 1. The third kappa shape index (κ3) is 1.80. The van der Waals surface area contributed by atoms with E-state index in [0.29, 0.717) is 16.3 Å². The molecule has 1 aromatic rings. The van der Waals surface area contributed by atoms with E-state index in [1.54, 1.807) is 19.3 Å². The van der Waals surface area contributed by atoms with Crippen LogP contribution >= 0.6 is 11.6 Å². The highest BCUT2D eigenvalue weighted by molar-refractivity contribution is 6.42. The Hall–Kier alpha value is -0.955. The minimum atomic E-state index is 0.453. The average Bonchev–Trinajstić information content (AvgIpc) is 2.04. The summed E-state index contributed by atoms with van der Waals surface area (Å²) in [4.78, 5) is 4.03. The van der Waals surface area contributed by atoms with Crippen LogP contribution in [0.15, 0.2) is 18.8 Å². The molecule has 1 aromatic heterocycles. The lowest BCUT2D eigenvalue weighted by atomic mass is 9.90. The van der Waals surface area contributed by atoms with Gasteiger partial charge < -0.3 is 5.32 Å². The highest BCUT2D eigenvalue weighted by Gasteiger charge is 2.02. The third-order valence-corrected chi connectivity index (χ3v) is 1.64. The molecule has 1 rings (SSSR count). The molecule has 2 nitrogen and oxygen atoms in total. The minimum Gasteiger partial charge on any atom is -0.373 e. The van der Waals surface area contributed by atoms with E-state index in [1.807, 2.05) is 0 Å². The lowest BCUT2D eigenvalue weighted by Crippen LogP contribution is -1.97. The summed E-state index contributed by atoms with van der Waals surface area (Å²) in [5.74, 6) is 0.687. The van der Waals surface area contributed by atoms with Crippen molar-refractivity contribution in [1.29, 1.82) is 0 Å². The molecule has 0 aromatic carbocycles. The van der Waals surface area contributed by atoms with Crippen molar-refractivity contribution in [2.24, 2.45) is 0 Å². The zero-order valence-electron chi connectivity index (χ0n) is 6.76. The SMILES string of the molecule is [B]C(=C)c1cc(Cl)cnc1NC. The van der Waals surface area contributed by atoms with Gasteiger partial charge in [0.15, 0.2) is 0 Å². The monoisotopic (exact) mass is 178 g/mol. The molecule has 0 amide bonds. The van der Waals surface area contributed by atoms with Crippen LogP contribution in [-0.2, 0) is 0 Å². The number of pyridine rings is 1. The minimum absolute atomic E-state index is 0.453. The van der Waals surface area contributed by atoms with Crippen LogP contribution in [0.25, 0.3) is 5.47 Å². The van der Waals surface area contributed by atoms with Crippen LogP contribution in [0.4, 0.5) is 5.82 Å². The molecule has 4 heteroatoms. The average molecular weight is 178 g/mol. The molecular formula is C8H8BClN2. The normalized spacial score (nSPS) is 9.50. The molecule has 0 aliphatic rings. The number of nitrogens with one attached hydrogen (secondary N) is 1. The first-order valence-electron chi connectivity index (χ1n) is 3.43. The summed E-state index contributed by atoms with van der Waals surface area (Å²) in [5.41, 5.74) is 1.19. The predicted molar refractivity (Wildman–Crippen MR) is 53.6 cm³/mol. The van der Waals surface area contributed by atoms with Gasteiger partial charge in [0.25, 0.3) is 0 Å². The standard InChI is InChI=1S/C8H8BClN2/c1-5(9)7-3-6(10)4-12-8(7)11-2/h3-4H,1H2,2H3,(H,11,12). The second-order valence-corrected chi connectivity index (χ2v) is 2.76. The van der Waals surface area contributed by atoms with Gasteiger partial charge in [-0.15, -0.1) is 6.58 Å². The summed E-state index contributed by atoms with van der Waals surface area (Å²) in [6, 6.07) is 1.72. The van der Waals surface area contributed by atoms with Gasteiger partial charge in [-0.2, -0.15) is 0 Å². The molecule has 0 fully saturated rings. The van der Waals surface area contributed by atoms with Gasteiger partial charge in [0, 0.05) is 18.8 Å². The maximum Gasteiger partial charge on any atom is 0.132 e. The Morgan fingerprint density at radius 2 is 2.42 bits per heavy atom. The van der Waals surface area contributed by atoms with Gasteiger partial charge >= 0.3 is 0 Å². The number of anilines is 1. The molecule has 0 unspecified atom stereocenters. The molecule has 60 valence electrons. The molecule has 1 N–H and O–H groups in total. The summed E-state index contributed by atoms with van der Waals surface area (Å²) >= 11 is 5.73. The molecule has 0 aliphatic heterocycles. The van der Waals surface area contributed by atoms with Gasteiger partial charge in [-0.05, 0) is 6.07 Å². The Morgan fingerprint density at radius 1 is 1.75 bits per heavy atom. The van der Waals surface area contributed by atoms with E-state index in [2.05, 4.69) is 16.9 Å². The van der Waals surface area contributed by atoms with Crippen LogP contribution in [0, 0.1) is 0 Å². The Morgan fingerprint density at radius 3 is 2.92 bits per heavy atom. The van der Waals surface area contributed by atoms with Crippen molar-refractivity contribution in [1.82, 2.24) is 4.98 Å². The van der Waals surface area contributed by atoms with Gasteiger partial charge in [0.1, 0.15) is 13.7 Å². The van der Waals surface area contributed by atoms with Crippen LogP contribution < -0.4 is 5.32 Å². The van der Waals surface area contributed by atoms with Crippen molar-refractivity contribution in [2.75, 3.05) is 12.4 Å². The lowest BCUT2D eigenvalue weighted by molar-refractivity contribution is 1.27. The summed E-state index contributed by atoms with van der Waals surface area (Å²) < 4.78 is 0. The van der Waals surface area contributed by atoms with E-state index in [1.165, 1.54) is 0 Å². The van der Waals surface area contributed by atoms with E-state index < -0.39 is 0 Å². The first-order chi connectivity index (χ1) is 5.65. The molecule has 0 spiro atoms. The Balaban J connectivity index is 3.21. The van der Waals surface area contributed by atoms with Crippen molar-refractivity contribution in [3.05, 3.63) is 29.4 Å². The molecule has 1 heterocycles. The van der Waals surface area contributed by atoms with Crippen LogP contribution in [0.1, 0.15) is 5.56 Å². The number of halogens is 1. The second kappa shape index (κ2) is 3.63. The zero-order valence-corrected chi connectivity index (χ0v) is 7.52. The van der Waals surface area contributed by atoms with Crippen LogP contribution in [0.2, 0.25) is 5.02 Å². The van der Waals surface area contributed by atoms with Crippen LogP contribution in [-0.4, -0.2) is 19.9 Å². The molecular weight excluding hydrogens is 170 g/mol. The van der Waals surface area contributed by atoms with Gasteiger partial charge in [-0.3, -0.25) is 0 Å². The van der Waals surface area contributed by atoms with Gasteiger partial charge in [0.2, 0.25) is 0 Å². The van der Waals surface area contributed by atoms with Crippen molar-refractivity contribution >= 4 is 30.7 Å². The largest absolute Gasteiger partial charge is 0.373 e. The molecule has 0 atom stereocenters. The zero-order chi connectivity index (χ0) is 9.14. The van der Waals surface area contributed by atoms with E-state index in [0.717, 1.165) is 5.56 Å². The van der Waals surface area contributed by atoms with Gasteiger partial charge in [-0.1, -0.05) is 17.1 Å². The van der Waals surface area contributed by atoms with E-state index in [4.69, 9.17) is 19.4 Å². The maximum atomic E-state index is 5.73. The third-order valence-electron chi connectivity index (χ3n) is 1.44. The highest BCUT2D eigenvalue weighted by atomic mass is 35.5. The van der Waals surface area contributed by atoms with Crippen LogP contribution in [0.5, 0.6) is 0 Å². The van der Waals surface area contributed by atoms with E-state index >= 15 is 0 Å². The van der Waals surface area contributed by atoms with Crippen LogP contribution in [0.3, 0.4) is 0 Å². The molecule has 0 saturated carbocycles. The fourth-order valence-corrected chi connectivity index (χ4v) is 1.04. The first kappa shape index (κ1) is 9.14. The fourth-order valence-electron chi connectivity index (χ4n) is 0.883. The number of hydrogen-bond acceptors (Lipinski definition) is 2. The number of rotatable bonds is 2. The van der Waals surface area contributed by atoms with Gasteiger partial charge in [0.05, 0.1) is 5.02 Å². The fraction of sp³-hybridized carbons (Fsp3) is 0.125. The Labute approximate surface area is 78.1 Å². The van der Waals surface area contributed by atoms with Crippen molar-refractivity contribution < 1.29 is 0 Å². The van der Waals surface area contributed by atoms with Crippen molar-refractivity contribution in [3.63, 3.8) is 0 Å². The van der Waals surface area contributed by atoms with Crippen molar-refractivity contribution in [3.8, 4) is 0 Å². The van der Waals surface area contributed by atoms with E-state index in [9.17, 15) is 0 Å². The summed E-state index contributed by atoms with van der Waals surface area (Å²) in [5, 5.41) is 3.45. The first-order valence-corrected chi connectivity index (χ1v) is 3.81. The quantitative estimate of drug-likeness (QED) is 0.700. The predicted octanol–water partition coefficient (Wildman–Crippen LogP) is 1.92. The molecule has 0 saturated heterocycles. The highest BCUT2D eigenvalue weighted by Crippen LogP contribution is 2.21. The Bertz CT molecular complexity index is 312. The smallest absolute Gasteiger partial charge is 0.132 e. The summed E-state index contributed by atoms with van der Waals surface area (Å²) in [6.45, 7) is 3.61. The molecule has 2 radical (unpaired) electrons. The van der Waals surface area contributed by atoms with Gasteiger partial charge in [-0.25, -0.2) is 4.98 Å². The van der Waals surface area contributed by atoms with Crippen molar-refractivity contribution in [2.45, 2.75) is 0 Å². The molecule has 0 bridgehead atoms. The number of hydrogen-bond donors (Lipinski definition) is 1. The van der Waals surface area contributed by atoms with E-state index in [-0.39, 0.29) is 0 Å². The topological polar surface area (TPSA) is 24.9 Å². The molecule has 0 aliphatic carbocycles. The number of aromatic nitrogens is 1. The molecule has 12 heavy (non-hydrogen) atoms. The Kier molecular flexibility index (Phi) is 2.76. The maximum absolute atomic E-state index is 5.73. The summed E-state index contributed by atoms with van der Waals surface area (Å²) in [6.07, 6.45) is 1.56. The second-order valence-electron chi connectivity index (χ2n) is 2.32. The summed E-state index contributed by atoms with van der Waals surface area (Å²) in [7, 11) is 7.29.